The van der Waals surface area contributed by atoms with Gasteiger partial charge in [0.15, 0.2) is 5.82 Å². The van der Waals surface area contributed by atoms with Gasteiger partial charge >= 0.3 is 0 Å². The third-order valence-corrected chi connectivity index (χ3v) is 4.00. The molecule has 1 aliphatic heterocycles. The zero-order valence-electron chi connectivity index (χ0n) is 12.5. The van der Waals surface area contributed by atoms with Gasteiger partial charge < -0.3 is 14.7 Å². The molecule has 108 valence electrons. The second kappa shape index (κ2) is 6.48. The SMILES string of the molecule is CNC(C)Cc1noc(CC2CCN(C(C)C)C2)n1. The van der Waals surface area contributed by atoms with Crippen molar-refractivity contribution in [3.05, 3.63) is 11.7 Å². The van der Waals surface area contributed by atoms with E-state index in [1.54, 1.807) is 0 Å². The minimum Gasteiger partial charge on any atom is -0.339 e. The summed E-state index contributed by atoms with van der Waals surface area (Å²) in [7, 11) is 1.95. The average molecular weight is 266 g/mol. The quantitative estimate of drug-likeness (QED) is 0.845. The fourth-order valence-electron chi connectivity index (χ4n) is 2.58. The van der Waals surface area contributed by atoms with Crippen molar-refractivity contribution in [1.29, 1.82) is 0 Å². The van der Waals surface area contributed by atoms with E-state index in [2.05, 4.69) is 41.1 Å². The number of hydrogen-bond donors (Lipinski definition) is 1. The highest BCUT2D eigenvalue weighted by Gasteiger charge is 2.26. The fraction of sp³-hybridized carbons (Fsp3) is 0.857. The molecule has 2 unspecified atom stereocenters. The molecular weight excluding hydrogens is 240 g/mol. The van der Waals surface area contributed by atoms with E-state index in [-0.39, 0.29) is 0 Å². The van der Waals surface area contributed by atoms with Crippen molar-refractivity contribution in [2.75, 3.05) is 20.1 Å². The minimum atomic E-state index is 0.383. The van der Waals surface area contributed by atoms with E-state index in [0.29, 0.717) is 18.0 Å². The van der Waals surface area contributed by atoms with E-state index in [1.807, 2.05) is 7.05 Å². The van der Waals surface area contributed by atoms with E-state index >= 15 is 0 Å². The lowest BCUT2D eigenvalue weighted by Crippen LogP contribution is -2.28. The van der Waals surface area contributed by atoms with Gasteiger partial charge in [0.1, 0.15) is 0 Å². The van der Waals surface area contributed by atoms with Crippen LogP contribution in [0, 0.1) is 5.92 Å². The standard InChI is InChI=1S/C14H26N4O/c1-10(2)18-6-5-12(9-18)8-14-16-13(17-19-14)7-11(3)15-4/h10-12,15H,5-9H2,1-4H3. The van der Waals surface area contributed by atoms with E-state index in [0.717, 1.165) is 31.1 Å². The highest BCUT2D eigenvalue weighted by molar-refractivity contribution is 4.92. The van der Waals surface area contributed by atoms with Crippen molar-refractivity contribution in [2.45, 2.75) is 52.1 Å². The zero-order valence-corrected chi connectivity index (χ0v) is 12.5. The largest absolute Gasteiger partial charge is 0.339 e. The Hall–Kier alpha value is -0.940. The summed E-state index contributed by atoms with van der Waals surface area (Å²) in [6.07, 6.45) is 2.98. The summed E-state index contributed by atoms with van der Waals surface area (Å²) in [5.74, 6) is 2.28. The summed E-state index contributed by atoms with van der Waals surface area (Å²) in [6.45, 7) is 8.98. The highest BCUT2D eigenvalue weighted by Crippen LogP contribution is 2.21. The van der Waals surface area contributed by atoms with Crippen LogP contribution in [-0.4, -0.2) is 47.3 Å². The molecule has 1 aromatic rings. The number of nitrogens with zero attached hydrogens (tertiary/aromatic N) is 3. The number of likely N-dealkylation sites (tertiary alicyclic amines) is 1. The van der Waals surface area contributed by atoms with Gasteiger partial charge in [-0.1, -0.05) is 5.16 Å². The molecule has 1 N–H and O–H groups in total. The van der Waals surface area contributed by atoms with Gasteiger partial charge in [-0.3, -0.25) is 0 Å². The predicted octanol–water partition coefficient (Wildman–Crippen LogP) is 1.49. The van der Waals surface area contributed by atoms with Gasteiger partial charge in [-0.05, 0) is 46.7 Å². The second-order valence-corrected chi connectivity index (χ2v) is 5.95. The Balaban J connectivity index is 1.84. The van der Waals surface area contributed by atoms with Crippen LogP contribution in [0.4, 0.5) is 0 Å². The topological polar surface area (TPSA) is 54.2 Å². The van der Waals surface area contributed by atoms with Crippen LogP contribution in [0.25, 0.3) is 0 Å². The van der Waals surface area contributed by atoms with Crippen LogP contribution in [0.15, 0.2) is 4.52 Å². The number of rotatable bonds is 6. The molecule has 2 atom stereocenters. The van der Waals surface area contributed by atoms with Crippen molar-refractivity contribution in [3.8, 4) is 0 Å². The van der Waals surface area contributed by atoms with Crippen molar-refractivity contribution < 1.29 is 4.52 Å². The maximum atomic E-state index is 5.36. The first kappa shape index (κ1) is 14.5. The molecule has 0 radical (unpaired) electrons. The molecule has 1 saturated heterocycles. The van der Waals surface area contributed by atoms with Crippen LogP contribution in [-0.2, 0) is 12.8 Å². The smallest absolute Gasteiger partial charge is 0.226 e. The first-order chi connectivity index (χ1) is 9.08. The first-order valence-corrected chi connectivity index (χ1v) is 7.31. The lowest BCUT2D eigenvalue weighted by molar-refractivity contribution is 0.260. The molecule has 0 aliphatic carbocycles. The lowest BCUT2D eigenvalue weighted by Gasteiger charge is -2.19. The molecule has 5 heteroatoms. The van der Waals surface area contributed by atoms with E-state index < -0.39 is 0 Å². The maximum absolute atomic E-state index is 5.36. The third kappa shape index (κ3) is 4.01. The Kier molecular flexibility index (Phi) is 4.93. The van der Waals surface area contributed by atoms with Gasteiger partial charge in [0.25, 0.3) is 0 Å². The number of likely N-dealkylation sites (N-methyl/N-ethyl adjacent to an activating group) is 1. The normalized spacial score (nSPS) is 22.3. The Morgan fingerprint density at radius 1 is 1.42 bits per heavy atom. The van der Waals surface area contributed by atoms with E-state index in [1.165, 1.54) is 13.0 Å². The van der Waals surface area contributed by atoms with Crippen LogP contribution in [0.2, 0.25) is 0 Å². The molecule has 2 heterocycles. The van der Waals surface area contributed by atoms with Crippen LogP contribution >= 0.6 is 0 Å². The first-order valence-electron chi connectivity index (χ1n) is 7.31. The molecule has 0 bridgehead atoms. The van der Waals surface area contributed by atoms with Crippen LogP contribution < -0.4 is 5.32 Å². The van der Waals surface area contributed by atoms with E-state index in [4.69, 9.17) is 4.52 Å². The summed E-state index contributed by atoms with van der Waals surface area (Å²) in [4.78, 5) is 7.01. The summed E-state index contributed by atoms with van der Waals surface area (Å²) in [5, 5.41) is 7.25. The van der Waals surface area contributed by atoms with Crippen LogP contribution in [0.5, 0.6) is 0 Å². The molecule has 2 rings (SSSR count). The monoisotopic (exact) mass is 266 g/mol. The Morgan fingerprint density at radius 2 is 2.21 bits per heavy atom. The van der Waals surface area contributed by atoms with Gasteiger partial charge in [-0.15, -0.1) is 0 Å². The Morgan fingerprint density at radius 3 is 2.84 bits per heavy atom. The molecule has 0 spiro atoms. The second-order valence-electron chi connectivity index (χ2n) is 5.95. The molecule has 0 saturated carbocycles. The summed E-state index contributed by atoms with van der Waals surface area (Å²) < 4.78 is 5.36. The molecule has 1 aliphatic rings. The third-order valence-electron chi connectivity index (χ3n) is 4.00. The molecular formula is C14H26N4O. The number of aromatic nitrogens is 2. The number of hydrogen-bond acceptors (Lipinski definition) is 5. The Labute approximate surface area is 115 Å². The lowest BCUT2D eigenvalue weighted by atomic mass is 10.1. The predicted molar refractivity (Wildman–Crippen MR) is 75.0 cm³/mol. The average Bonchev–Trinajstić information content (AvgIpc) is 2.99. The summed E-state index contributed by atoms with van der Waals surface area (Å²) in [6, 6.07) is 1.02. The molecule has 5 nitrogen and oxygen atoms in total. The van der Waals surface area contributed by atoms with Gasteiger partial charge in [-0.2, -0.15) is 4.98 Å². The van der Waals surface area contributed by atoms with Gasteiger partial charge in [0.2, 0.25) is 5.89 Å². The van der Waals surface area contributed by atoms with Gasteiger partial charge in [0.05, 0.1) is 0 Å². The zero-order chi connectivity index (χ0) is 13.8. The van der Waals surface area contributed by atoms with Crippen molar-refractivity contribution >= 4 is 0 Å². The van der Waals surface area contributed by atoms with E-state index in [9.17, 15) is 0 Å². The highest BCUT2D eigenvalue weighted by atomic mass is 16.5. The molecule has 0 amide bonds. The minimum absolute atomic E-state index is 0.383. The van der Waals surface area contributed by atoms with Crippen LogP contribution in [0.1, 0.15) is 38.9 Å². The fourth-order valence-corrected chi connectivity index (χ4v) is 2.58. The molecule has 1 fully saturated rings. The summed E-state index contributed by atoms with van der Waals surface area (Å²) in [5.41, 5.74) is 0. The van der Waals surface area contributed by atoms with Crippen molar-refractivity contribution in [3.63, 3.8) is 0 Å². The number of nitrogens with one attached hydrogen (secondary N) is 1. The van der Waals surface area contributed by atoms with Crippen molar-refractivity contribution in [2.24, 2.45) is 5.92 Å². The molecule has 19 heavy (non-hydrogen) atoms. The molecule has 0 aromatic carbocycles. The van der Waals surface area contributed by atoms with Crippen LogP contribution in [0.3, 0.4) is 0 Å². The summed E-state index contributed by atoms with van der Waals surface area (Å²) >= 11 is 0. The maximum Gasteiger partial charge on any atom is 0.226 e. The van der Waals surface area contributed by atoms with Crippen molar-refractivity contribution in [1.82, 2.24) is 20.4 Å². The van der Waals surface area contributed by atoms with Gasteiger partial charge in [-0.25, -0.2) is 0 Å². The van der Waals surface area contributed by atoms with Gasteiger partial charge in [0, 0.05) is 31.5 Å². The molecule has 1 aromatic heterocycles. The Bertz CT molecular complexity index is 391.